The molecule has 104 valence electrons. The van der Waals surface area contributed by atoms with Crippen LogP contribution in [0.15, 0.2) is 18.2 Å². The van der Waals surface area contributed by atoms with Gasteiger partial charge in [-0.2, -0.15) is 0 Å². The number of imidazole rings is 1. The van der Waals surface area contributed by atoms with Crippen LogP contribution >= 0.6 is 0 Å². The van der Waals surface area contributed by atoms with Crippen LogP contribution in [0.2, 0.25) is 18.1 Å². The second kappa shape index (κ2) is 4.76. The molecule has 0 bridgehead atoms. The highest BCUT2D eigenvalue weighted by Crippen LogP contribution is 2.37. The van der Waals surface area contributed by atoms with Crippen molar-refractivity contribution in [1.29, 1.82) is 0 Å². The molecule has 0 spiro atoms. The van der Waals surface area contributed by atoms with E-state index in [4.69, 9.17) is 4.43 Å². The van der Waals surface area contributed by atoms with Crippen LogP contribution in [-0.4, -0.2) is 18.3 Å². The van der Waals surface area contributed by atoms with Crippen molar-refractivity contribution in [2.24, 2.45) is 0 Å². The highest BCUT2D eigenvalue weighted by atomic mass is 28.4. The first kappa shape index (κ1) is 14.3. The highest BCUT2D eigenvalue weighted by molar-refractivity contribution is 6.74. The average molecular weight is 276 g/mol. The lowest BCUT2D eigenvalue weighted by atomic mass is 10.2. The Labute approximate surface area is 116 Å². The fraction of sp³-hybridized carbons (Fsp3) is 0.533. The molecule has 1 aromatic heterocycles. The van der Waals surface area contributed by atoms with E-state index in [2.05, 4.69) is 62.0 Å². The summed E-state index contributed by atoms with van der Waals surface area (Å²) in [6.45, 7) is 14.0. The third kappa shape index (κ3) is 3.07. The van der Waals surface area contributed by atoms with Gasteiger partial charge in [0.15, 0.2) is 8.32 Å². The molecular weight excluding hydrogens is 252 g/mol. The van der Waals surface area contributed by atoms with E-state index in [1.165, 1.54) is 5.56 Å². The summed E-state index contributed by atoms with van der Waals surface area (Å²) >= 11 is 0. The number of aromatic nitrogens is 2. The maximum atomic E-state index is 6.24. The fourth-order valence-corrected chi connectivity index (χ4v) is 2.71. The van der Waals surface area contributed by atoms with Crippen molar-refractivity contribution < 1.29 is 4.43 Å². The number of rotatable bonds is 3. The van der Waals surface area contributed by atoms with Crippen molar-refractivity contribution in [2.75, 3.05) is 0 Å². The summed E-state index contributed by atoms with van der Waals surface area (Å²) < 4.78 is 6.24. The number of nitrogens with one attached hydrogen (secondary N) is 1. The molecular formula is C15H24N2OSi. The molecule has 2 rings (SSSR count). The summed E-state index contributed by atoms with van der Waals surface area (Å²) in [5, 5.41) is 0.252. The lowest BCUT2D eigenvalue weighted by Gasteiger charge is -2.36. The van der Waals surface area contributed by atoms with Crippen molar-refractivity contribution in [3.63, 3.8) is 0 Å². The van der Waals surface area contributed by atoms with Crippen molar-refractivity contribution >= 4 is 19.4 Å². The largest absolute Gasteiger partial charge is 0.413 e. The normalized spacial score (nSPS) is 13.2. The van der Waals surface area contributed by atoms with E-state index in [-0.39, 0.29) is 5.04 Å². The van der Waals surface area contributed by atoms with Crippen LogP contribution in [0.25, 0.3) is 11.0 Å². The van der Waals surface area contributed by atoms with Gasteiger partial charge in [0.05, 0.1) is 17.6 Å². The van der Waals surface area contributed by atoms with Gasteiger partial charge in [0.2, 0.25) is 0 Å². The monoisotopic (exact) mass is 276 g/mol. The quantitative estimate of drug-likeness (QED) is 0.844. The molecule has 1 N–H and O–H groups in total. The maximum Gasteiger partial charge on any atom is 0.192 e. The van der Waals surface area contributed by atoms with Crippen LogP contribution in [-0.2, 0) is 11.0 Å². The smallest absolute Gasteiger partial charge is 0.192 e. The molecule has 4 heteroatoms. The van der Waals surface area contributed by atoms with Gasteiger partial charge < -0.3 is 9.41 Å². The molecule has 0 radical (unpaired) electrons. The number of H-pyrrole nitrogens is 1. The van der Waals surface area contributed by atoms with Crippen molar-refractivity contribution in [3.8, 4) is 0 Å². The molecule has 19 heavy (non-hydrogen) atoms. The zero-order valence-corrected chi connectivity index (χ0v) is 13.8. The Morgan fingerprint density at radius 3 is 2.58 bits per heavy atom. The van der Waals surface area contributed by atoms with E-state index in [1.54, 1.807) is 0 Å². The summed E-state index contributed by atoms with van der Waals surface area (Å²) in [5.41, 5.74) is 3.32. The second-order valence-electron chi connectivity index (χ2n) is 6.72. The van der Waals surface area contributed by atoms with Gasteiger partial charge in [0.25, 0.3) is 0 Å². The van der Waals surface area contributed by atoms with Gasteiger partial charge in [-0.1, -0.05) is 26.8 Å². The molecule has 0 atom stereocenters. The predicted molar refractivity (Wildman–Crippen MR) is 82.8 cm³/mol. The van der Waals surface area contributed by atoms with Crippen molar-refractivity contribution in [2.45, 2.75) is 52.4 Å². The van der Waals surface area contributed by atoms with E-state index >= 15 is 0 Å². The minimum atomic E-state index is -1.68. The lowest BCUT2D eigenvalue weighted by molar-refractivity contribution is 0.276. The second-order valence-corrected chi connectivity index (χ2v) is 11.5. The van der Waals surface area contributed by atoms with Crippen LogP contribution in [0.5, 0.6) is 0 Å². The van der Waals surface area contributed by atoms with E-state index in [0.29, 0.717) is 6.61 Å². The van der Waals surface area contributed by atoms with Crippen LogP contribution in [0.4, 0.5) is 0 Å². The van der Waals surface area contributed by atoms with Crippen LogP contribution in [0.1, 0.15) is 32.2 Å². The summed E-state index contributed by atoms with van der Waals surface area (Å²) in [4.78, 5) is 7.69. The third-order valence-corrected chi connectivity index (χ3v) is 8.55. The molecule has 2 aromatic rings. The molecule has 1 heterocycles. The summed E-state index contributed by atoms with van der Waals surface area (Å²) in [7, 11) is -1.68. The number of hydrogen-bond acceptors (Lipinski definition) is 2. The number of hydrogen-bond donors (Lipinski definition) is 1. The number of nitrogens with zero attached hydrogens (tertiary/aromatic N) is 1. The number of aryl methyl sites for hydroxylation is 1. The average Bonchev–Trinajstić information content (AvgIpc) is 2.64. The molecule has 1 aromatic carbocycles. The lowest BCUT2D eigenvalue weighted by Crippen LogP contribution is -2.40. The molecule has 0 aliphatic heterocycles. The highest BCUT2D eigenvalue weighted by Gasteiger charge is 2.36. The van der Waals surface area contributed by atoms with E-state index < -0.39 is 8.32 Å². The van der Waals surface area contributed by atoms with Gasteiger partial charge in [0, 0.05) is 0 Å². The Morgan fingerprint density at radius 2 is 1.95 bits per heavy atom. The summed E-state index contributed by atoms with van der Waals surface area (Å²) in [5.74, 6) is 0.956. The Balaban J connectivity index is 2.14. The van der Waals surface area contributed by atoms with Gasteiger partial charge in [-0.05, 0) is 42.8 Å². The van der Waals surface area contributed by atoms with Gasteiger partial charge >= 0.3 is 0 Å². The Hall–Kier alpha value is -1.13. The van der Waals surface area contributed by atoms with E-state index in [0.717, 1.165) is 16.9 Å². The standard InChI is InChI=1S/C15H24N2OSi/c1-11-16-13-8-7-12(9-14(13)17-11)10-18-19(5,6)15(2,3)4/h7-9H,10H2,1-6H3,(H,16,17). The van der Waals surface area contributed by atoms with E-state index in [1.807, 2.05) is 6.92 Å². The molecule has 0 aliphatic carbocycles. The predicted octanol–water partition coefficient (Wildman–Crippen LogP) is 4.39. The maximum absolute atomic E-state index is 6.24. The van der Waals surface area contributed by atoms with Crippen molar-refractivity contribution in [3.05, 3.63) is 29.6 Å². The number of fused-ring (bicyclic) bond motifs is 1. The summed E-state index contributed by atoms with van der Waals surface area (Å²) in [6, 6.07) is 6.31. The molecule has 0 saturated heterocycles. The van der Waals surface area contributed by atoms with E-state index in [9.17, 15) is 0 Å². The van der Waals surface area contributed by atoms with Gasteiger partial charge in [-0.15, -0.1) is 0 Å². The molecule has 0 unspecified atom stereocenters. The Morgan fingerprint density at radius 1 is 1.26 bits per heavy atom. The number of aromatic amines is 1. The zero-order valence-electron chi connectivity index (χ0n) is 12.8. The van der Waals surface area contributed by atoms with Gasteiger partial charge in [0.1, 0.15) is 5.82 Å². The Bertz CT molecular complexity index is 581. The minimum Gasteiger partial charge on any atom is -0.413 e. The molecule has 0 aliphatic rings. The van der Waals surface area contributed by atoms with Gasteiger partial charge in [-0.25, -0.2) is 4.98 Å². The Kier molecular flexibility index (Phi) is 3.58. The minimum absolute atomic E-state index is 0.252. The fourth-order valence-electron chi connectivity index (χ4n) is 1.75. The first-order chi connectivity index (χ1) is 8.69. The molecule has 0 fully saturated rings. The SMILES string of the molecule is Cc1nc2ccc(CO[Si](C)(C)C(C)(C)C)cc2[nH]1. The topological polar surface area (TPSA) is 37.9 Å². The van der Waals surface area contributed by atoms with Crippen LogP contribution in [0.3, 0.4) is 0 Å². The zero-order chi connectivity index (χ0) is 14.3. The third-order valence-electron chi connectivity index (χ3n) is 4.07. The first-order valence-corrected chi connectivity index (χ1v) is 9.69. The molecule has 0 amide bonds. The van der Waals surface area contributed by atoms with Gasteiger partial charge in [-0.3, -0.25) is 0 Å². The van der Waals surface area contributed by atoms with Crippen molar-refractivity contribution in [1.82, 2.24) is 9.97 Å². The summed E-state index contributed by atoms with van der Waals surface area (Å²) in [6.07, 6.45) is 0. The molecule has 3 nitrogen and oxygen atoms in total. The van der Waals surface area contributed by atoms with Crippen LogP contribution < -0.4 is 0 Å². The number of benzene rings is 1. The van der Waals surface area contributed by atoms with Crippen LogP contribution in [0, 0.1) is 6.92 Å². The first-order valence-electron chi connectivity index (χ1n) is 6.78. The molecule has 0 saturated carbocycles.